The molecule has 1 aromatic heterocycles. The number of aryl methyl sites for hydroxylation is 1. The van der Waals surface area contributed by atoms with Crippen molar-refractivity contribution in [1.29, 1.82) is 0 Å². The van der Waals surface area contributed by atoms with E-state index in [1.54, 1.807) is 10.8 Å². The van der Waals surface area contributed by atoms with Crippen molar-refractivity contribution in [2.45, 2.75) is 6.92 Å². The Bertz CT molecular complexity index is 1040. The Balaban J connectivity index is 1.74. The molecule has 0 saturated carbocycles. The summed E-state index contributed by atoms with van der Waals surface area (Å²) in [4.78, 5) is 16.5. The first kappa shape index (κ1) is 16.3. The third kappa shape index (κ3) is 2.93. The maximum Gasteiger partial charge on any atom is 0.363 e. The minimum Gasteiger partial charge on any atom is -0.402 e. The molecular weight excluding hydrogens is 350 g/mol. The maximum absolute atomic E-state index is 12.2. The van der Waals surface area contributed by atoms with Crippen molar-refractivity contribution in [3.05, 3.63) is 88.3 Å². The number of carbonyl (C=O) groups excluding carboxylic acids is 1. The number of cyclic esters (lactones) is 1. The fourth-order valence-electron chi connectivity index (χ4n) is 2.67. The molecule has 0 spiro atoms. The zero-order valence-electron chi connectivity index (χ0n) is 13.9. The van der Waals surface area contributed by atoms with Crippen LogP contribution in [0.3, 0.4) is 0 Å². The summed E-state index contributed by atoms with van der Waals surface area (Å²) in [5, 5.41) is 4.88. The van der Waals surface area contributed by atoms with Crippen molar-refractivity contribution >= 4 is 29.5 Å². The molecule has 0 bridgehead atoms. The number of ether oxygens (including phenoxy) is 1. The highest BCUT2D eigenvalue weighted by molar-refractivity contribution is 6.31. The molecule has 26 heavy (non-hydrogen) atoms. The van der Waals surface area contributed by atoms with E-state index in [0.717, 1.165) is 11.3 Å². The van der Waals surface area contributed by atoms with Gasteiger partial charge in [0.05, 0.1) is 11.4 Å². The number of halogens is 1. The molecule has 1 aliphatic heterocycles. The lowest BCUT2D eigenvalue weighted by Gasteiger charge is -2.01. The van der Waals surface area contributed by atoms with Gasteiger partial charge in [-0.1, -0.05) is 48.0 Å². The molecule has 128 valence electrons. The summed E-state index contributed by atoms with van der Waals surface area (Å²) in [6.07, 6.45) is 1.61. The number of para-hydroxylation sites is 1. The lowest BCUT2D eigenvalue weighted by atomic mass is 10.2. The zero-order chi connectivity index (χ0) is 18.1. The molecular formula is C20H14ClN3O2. The molecule has 2 heterocycles. The Labute approximate surface area is 155 Å². The fourth-order valence-corrected chi connectivity index (χ4v) is 2.99. The molecule has 0 fully saturated rings. The summed E-state index contributed by atoms with van der Waals surface area (Å²) in [6, 6.07) is 18.8. The van der Waals surface area contributed by atoms with Crippen LogP contribution in [-0.2, 0) is 9.53 Å². The van der Waals surface area contributed by atoms with Gasteiger partial charge in [0.1, 0.15) is 5.15 Å². The van der Waals surface area contributed by atoms with Crippen molar-refractivity contribution in [2.24, 2.45) is 4.99 Å². The Morgan fingerprint density at radius 1 is 1.04 bits per heavy atom. The number of hydrogen-bond donors (Lipinski definition) is 0. The number of benzene rings is 2. The van der Waals surface area contributed by atoms with Crippen LogP contribution in [-0.4, -0.2) is 21.6 Å². The molecule has 0 atom stereocenters. The topological polar surface area (TPSA) is 56.5 Å². The van der Waals surface area contributed by atoms with E-state index in [2.05, 4.69) is 10.1 Å². The fraction of sp³-hybridized carbons (Fsp3) is 0.0500. The molecule has 0 saturated heterocycles. The minimum absolute atomic E-state index is 0.196. The molecule has 0 unspecified atom stereocenters. The SMILES string of the molecule is Cc1nn(-c2ccccc2)c(Cl)c1/C=C1\N=C(c2ccccc2)OC1=O. The predicted octanol–water partition coefficient (Wildman–Crippen LogP) is 4.18. The van der Waals surface area contributed by atoms with Crippen LogP contribution >= 0.6 is 11.6 Å². The monoisotopic (exact) mass is 363 g/mol. The summed E-state index contributed by atoms with van der Waals surface area (Å²) in [5.74, 6) is -0.224. The van der Waals surface area contributed by atoms with E-state index in [0.29, 0.717) is 16.4 Å². The van der Waals surface area contributed by atoms with Gasteiger partial charge < -0.3 is 4.74 Å². The van der Waals surface area contributed by atoms with Gasteiger partial charge in [-0.15, -0.1) is 0 Å². The Kier molecular flexibility index (Phi) is 4.14. The van der Waals surface area contributed by atoms with Gasteiger partial charge in [-0.05, 0) is 37.3 Å². The number of esters is 1. The average molecular weight is 364 g/mol. The Morgan fingerprint density at radius 3 is 2.38 bits per heavy atom. The quantitative estimate of drug-likeness (QED) is 0.518. The molecule has 4 rings (SSSR count). The molecule has 6 heteroatoms. The van der Waals surface area contributed by atoms with Gasteiger partial charge >= 0.3 is 5.97 Å². The van der Waals surface area contributed by atoms with Crippen LogP contribution in [0.2, 0.25) is 5.15 Å². The van der Waals surface area contributed by atoms with Crippen LogP contribution in [0.15, 0.2) is 71.4 Å². The first-order valence-corrected chi connectivity index (χ1v) is 8.40. The number of aliphatic imine (C=N–C) groups is 1. The Morgan fingerprint density at radius 2 is 1.69 bits per heavy atom. The molecule has 1 aliphatic rings. The van der Waals surface area contributed by atoms with Crippen LogP contribution in [0, 0.1) is 6.92 Å². The summed E-state index contributed by atoms with van der Waals surface area (Å²) < 4.78 is 6.91. The predicted molar refractivity (Wildman–Crippen MR) is 100 cm³/mol. The third-order valence-corrected chi connectivity index (χ3v) is 4.33. The van der Waals surface area contributed by atoms with Crippen molar-refractivity contribution in [3.8, 4) is 5.69 Å². The van der Waals surface area contributed by atoms with Crippen LogP contribution in [0.4, 0.5) is 0 Å². The number of nitrogens with zero attached hydrogens (tertiary/aromatic N) is 3. The number of aromatic nitrogens is 2. The van der Waals surface area contributed by atoms with E-state index < -0.39 is 5.97 Å². The lowest BCUT2D eigenvalue weighted by Crippen LogP contribution is -2.04. The van der Waals surface area contributed by atoms with E-state index in [9.17, 15) is 4.79 Å². The summed E-state index contributed by atoms with van der Waals surface area (Å²) >= 11 is 6.50. The van der Waals surface area contributed by atoms with Crippen molar-refractivity contribution in [2.75, 3.05) is 0 Å². The maximum atomic E-state index is 12.2. The number of hydrogen-bond acceptors (Lipinski definition) is 4. The van der Waals surface area contributed by atoms with E-state index >= 15 is 0 Å². The summed E-state index contributed by atoms with van der Waals surface area (Å²) in [7, 11) is 0. The van der Waals surface area contributed by atoms with Gasteiger partial charge in [-0.2, -0.15) is 5.10 Å². The zero-order valence-corrected chi connectivity index (χ0v) is 14.6. The molecule has 5 nitrogen and oxygen atoms in total. The highest BCUT2D eigenvalue weighted by atomic mass is 35.5. The van der Waals surface area contributed by atoms with E-state index in [1.165, 1.54) is 0 Å². The van der Waals surface area contributed by atoms with Crippen molar-refractivity contribution in [3.63, 3.8) is 0 Å². The largest absolute Gasteiger partial charge is 0.402 e. The second-order valence-corrected chi connectivity index (χ2v) is 6.10. The molecule has 0 radical (unpaired) electrons. The van der Waals surface area contributed by atoms with Gasteiger partial charge in [0.15, 0.2) is 5.70 Å². The first-order valence-electron chi connectivity index (χ1n) is 8.02. The second kappa shape index (κ2) is 6.61. The van der Waals surface area contributed by atoms with Gasteiger partial charge in [0.2, 0.25) is 5.90 Å². The van der Waals surface area contributed by atoms with Gasteiger partial charge in [-0.3, -0.25) is 0 Å². The number of rotatable bonds is 3. The van der Waals surface area contributed by atoms with Crippen LogP contribution in [0.25, 0.3) is 11.8 Å². The standard InChI is InChI=1S/C20H14ClN3O2/c1-13-16(18(21)24(23-13)15-10-6-3-7-11-15)12-17-20(25)26-19(22-17)14-8-4-2-5-9-14/h2-12H,1H3/b17-12-. The third-order valence-electron chi connectivity index (χ3n) is 3.97. The Hall–Kier alpha value is -3.18. The second-order valence-electron chi connectivity index (χ2n) is 5.74. The summed E-state index contributed by atoms with van der Waals surface area (Å²) in [6.45, 7) is 1.83. The smallest absolute Gasteiger partial charge is 0.363 e. The van der Waals surface area contributed by atoms with Gasteiger partial charge in [0.25, 0.3) is 0 Å². The van der Waals surface area contributed by atoms with Crippen LogP contribution in [0.1, 0.15) is 16.8 Å². The molecule has 3 aromatic rings. The number of carbonyl (C=O) groups is 1. The highest BCUT2D eigenvalue weighted by Crippen LogP contribution is 2.27. The van der Waals surface area contributed by atoms with Crippen LogP contribution in [0.5, 0.6) is 0 Å². The van der Waals surface area contributed by atoms with Crippen molar-refractivity contribution in [1.82, 2.24) is 9.78 Å². The minimum atomic E-state index is -0.508. The van der Waals surface area contributed by atoms with Crippen molar-refractivity contribution < 1.29 is 9.53 Å². The highest BCUT2D eigenvalue weighted by Gasteiger charge is 2.25. The normalized spacial score (nSPS) is 15.2. The molecule has 2 aromatic carbocycles. The molecule has 0 aliphatic carbocycles. The first-order chi connectivity index (χ1) is 12.6. The van der Waals surface area contributed by atoms with Gasteiger partial charge in [0, 0.05) is 11.1 Å². The summed E-state index contributed by atoms with van der Waals surface area (Å²) in [5.41, 5.74) is 3.12. The van der Waals surface area contributed by atoms with E-state index in [1.807, 2.05) is 67.6 Å². The van der Waals surface area contributed by atoms with E-state index in [4.69, 9.17) is 16.3 Å². The molecule has 0 N–H and O–H groups in total. The van der Waals surface area contributed by atoms with Gasteiger partial charge in [-0.25, -0.2) is 14.5 Å². The average Bonchev–Trinajstić information content (AvgIpc) is 3.18. The van der Waals surface area contributed by atoms with Crippen LogP contribution < -0.4 is 0 Å². The van der Waals surface area contributed by atoms with E-state index in [-0.39, 0.29) is 11.6 Å². The lowest BCUT2D eigenvalue weighted by molar-refractivity contribution is -0.129. The molecule has 0 amide bonds.